The fourth-order valence-electron chi connectivity index (χ4n) is 3.03. The van der Waals surface area contributed by atoms with Gasteiger partial charge in [-0.1, -0.05) is 12.1 Å². The van der Waals surface area contributed by atoms with Gasteiger partial charge >= 0.3 is 6.09 Å². The molecule has 1 heterocycles. The van der Waals surface area contributed by atoms with E-state index in [9.17, 15) is 9.90 Å². The molecule has 1 amide bonds. The van der Waals surface area contributed by atoms with Gasteiger partial charge in [0.05, 0.1) is 25.4 Å². The zero-order valence-corrected chi connectivity index (χ0v) is 15.4. The van der Waals surface area contributed by atoms with Crippen LogP contribution in [0.2, 0.25) is 0 Å². The second kappa shape index (κ2) is 6.71. The average Bonchev–Trinajstić information content (AvgIpc) is 2.96. The highest BCUT2D eigenvalue weighted by Crippen LogP contribution is 2.28. The number of hydrogen-bond acceptors (Lipinski definition) is 3. The summed E-state index contributed by atoms with van der Waals surface area (Å²) >= 11 is 0. The maximum Gasteiger partial charge on any atom is 0.412 e. The number of anilines is 1. The lowest BCUT2D eigenvalue weighted by Gasteiger charge is -2.33. The van der Waals surface area contributed by atoms with Crippen molar-refractivity contribution < 1.29 is 14.6 Å². The van der Waals surface area contributed by atoms with Crippen molar-refractivity contribution in [2.45, 2.75) is 32.9 Å². The number of rotatable bonds is 4. The molecule has 3 rings (SSSR count). The van der Waals surface area contributed by atoms with Gasteiger partial charge in [0, 0.05) is 16.6 Å². The maximum atomic E-state index is 11.7. The first kappa shape index (κ1) is 17.8. The first-order valence-electron chi connectivity index (χ1n) is 8.41. The molecule has 0 saturated heterocycles. The zero-order chi connectivity index (χ0) is 18.9. The molecule has 0 saturated carbocycles. The van der Waals surface area contributed by atoms with Crippen molar-refractivity contribution >= 4 is 22.7 Å². The van der Waals surface area contributed by atoms with Crippen LogP contribution >= 0.6 is 0 Å². The third-order valence-corrected chi connectivity index (χ3v) is 4.24. The van der Waals surface area contributed by atoms with Crippen molar-refractivity contribution in [3.05, 3.63) is 54.2 Å². The number of carboxylic acid groups (broad SMARTS) is 1. The Morgan fingerprint density at radius 1 is 1.19 bits per heavy atom. The van der Waals surface area contributed by atoms with Gasteiger partial charge in [-0.2, -0.15) is 5.10 Å². The van der Waals surface area contributed by atoms with Crippen LogP contribution in [0.25, 0.3) is 10.9 Å². The van der Waals surface area contributed by atoms with Crippen LogP contribution in [-0.4, -0.2) is 33.6 Å². The molecule has 0 aliphatic heterocycles. The van der Waals surface area contributed by atoms with Gasteiger partial charge < -0.3 is 9.84 Å². The number of ether oxygens (including phenoxy) is 1. The first-order valence-corrected chi connectivity index (χ1v) is 8.41. The molecule has 1 aromatic heterocycles. The molecule has 6 nitrogen and oxygen atoms in total. The van der Waals surface area contributed by atoms with Gasteiger partial charge in [0.1, 0.15) is 5.75 Å². The van der Waals surface area contributed by atoms with Crippen molar-refractivity contribution in [1.82, 2.24) is 9.78 Å². The summed E-state index contributed by atoms with van der Waals surface area (Å²) in [4.78, 5) is 13.0. The van der Waals surface area contributed by atoms with Gasteiger partial charge in [0.25, 0.3) is 0 Å². The Hall–Kier alpha value is -3.02. The molecule has 0 atom stereocenters. The van der Waals surface area contributed by atoms with Crippen molar-refractivity contribution in [1.29, 1.82) is 0 Å². The van der Waals surface area contributed by atoms with Crippen LogP contribution in [0.15, 0.2) is 48.7 Å². The minimum absolute atomic E-state index is 0.529. The van der Waals surface area contributed by atoms with Crippen LogP contribution in [0.5, 0.6) is 5.75 Å². The summed E-state index contributed by atoms with van der Waals surface area (Å²) in [5.74, 6) is 0.819. The second-order valence-electron chi connectivity index (χ2n) is 7.18. The van der Waals surface area contributed by atoms with E-state index in [0.29, 0.717) is 12.2 Å². The fourth-order valence-corrected chi connectivity index (χ4v) is 3.03. The fraction of sp³-hybridized carbons (Fsp3) is 0.300. The van der Waals surface area contributed by atoms with Crippen LogP contribution in [0, 0.1) is 0 Å². The molecule has 0 fully saturated rings. The van der Waals surface area contributed by atoms with Crippen molar-refractivity contribution in [2.75, 3.05) is 12.0 Å². The highest BCUT2D eigenvalue weighted by atomic mass is 16.5. The summed E-state index contributed by atoms with van der Waals surface area (Å²) in [5, 5.41) is 14.9. The standard InChI is InChI=1S/C20H23N3O3/c1-20(2,3)23(19(24)25)16-7-10-18-15(11-16)12-21-22(18)13-14-5-8-17(26-4)9-6-14/h5-12H,13H2,1-4H3,(H,24,25). The Morgan fingerprint density at radius 3 is 2.46 bits per heavy atom. The Labute approximate surface area is 152 Å². The summed E-state index contributed by atoms with van der Waals surface area (Å²) in [6.45, 7) is 6.25. The van der Waals surface area contributed by atoms with E-state index < -0.39 is 11.6 Å². The van der Waals surface area contributed by atoms with E-state index in [4.69, 9.17) is 4.74 Å². The molecule has 0 radical (unpaired) electrons. The summed E-state index contributed by atoms with van der Waals surface area (Å²) in [6, 6.07) is 13.5. The highest BCUT2D eigenvalue weighted by Gasteiger charge is 2.28. The van der Waals surface area contributed by atoms with Gasteiger partial charge in [0.15, 0.2) is 0 Å². The monoisotopic (exact) mass is 353 g/mol. The van der Waals surface area contributed by atoms with E-state index in [2.05, 4.69) is 5.10 Å². The predicted octanol–water partition coefficient (Wildman–Crippen LogP) is 4.38. The molecule has 26 heavy (non-hydrogen) atoms. The molecule has 3 aromatic rings. The van der Waals surface area contributed by atoms with Crippen LogP contribution in [0.3, 0.4) is 0 Å². The second-order valence-corrected chi connectivity index (χ2v) is 7.18. The molecular weight excluding hydrogens is 330 g/mol. The Morgan fingerprint density at radius 2 is 1.88 bits per heavy atom. The molecule has 0 aliphatic carbocycles. The lowest BCUT2D eigenvalue weighted by molar-refractivity contribution is 0.195. The Bertz CT molecular complexity index is 924. The summed E-state index contributed by atoms with van der Waals surface area (Å²) in [5.41, 5.74) is 2.19. The van der Waals surface area contributed by atoms with Crippen LogP contribution in [-0.2, 0) is 6.54 Å². The van der Waals surface area contributed by atoms with E-state index in [1.54, 1.807) is 13.3 Å². The third kappa shape index (κ3) is 3.49. The lowest BCUT2D eigenvalue weighted by atomic mass is 10.0. The number of fused-ring (bicyclic) bond motifs is 1. The topological polar surface area (TPSA) is 67.6 Å². The van der Waals surface area contributed by atoms with E-state index in [0.717, 1.165) is 22.2 Å². The number of hydrogen-bond donors (Lipinski definition) is 1. The van der Waals surface area contributed by atoms with E-state index in [1.807, 2.05) is 67.9 Å². The smallest absolute Gasteiger partial charge is 0.412 e. The molecule has 2 aromatic carbocycles. The van der Waals surface area contributed by atoms with Gasteiger partial charge in [-0.05, 0) is 56.7 Å². The molecule has 6 heteroatoms. The largest absolute Gasteiger partial charge is 0.497 e. The minimum atomic E-state index is -0.970. The summed E-state index contributed by atoms with van der Waals surface area (Å²) in [6.07, 6.45) is 0.799. The molecule has 1 N–H and O–H groups in total. The molecule has 0 bridgehead atoms. The first-order chi connectivity index (χ1) is 12.3. The van der Waals surface area contributed by atoms with Gasteiger partial charge in [-0.15, -0.1) is 0 Å². The number of nitrogens with zero attached hydrogens (tertiary/aromatic N) is 3. The van der Waals surface area contributed by atoms with Gasteiger partial charge in [-0.25, -0.2) is 4.79 Å². The average molecular weight is 353 g/mol. The quantitative estimate of drug-likeness (QED) is 0.756. The van der Waals surface area contributed by atoms with E-state index in [1.165, 1.54) is 4.90 Å². The summed E-state index contributed by atoms with van der Waals surface area (Å²) < 4.78 is 7.09. The minimum Gasteiger partial charge on any atom is -0.497 e. The van der Waals surface area contributed by atoms with Crippen LogP contribution in [0.4, 0.5) is 10.5 Å². The number of amides is 1. The highest BCUT2D eigenvalue weighted by molar-refractivity contribution is 5.92. The Kier molecular flexibility index (Phi) is 4.59. The maximum absolute atomic E-state index is 11.7. The van der Waals surface area contributed by atoms with E-state index in [-0.39, 0.29) is 0 Å². The van der Waals surface area contributed by atoms with Crippen LogP contribution in [0.1, 0.15) is 26.3 Å². The molecule has 0 aliphatic rings. The predicted molar refractivity (Wildman–Crippen MR) is 102 cm³/mol. The van der Waals surface area contributed by atoms with Crippen molar-refractivity contribution in [2.24, 2.45) is 0 Å². The van der Waals surface area contributed by atoms with Crippen molar-refractivity contribution in [3.63, 3.8) is 0 Å². The van der Waals surface area contributed by atoms with Gasteiger partial charge in [0.2, 0.25) is 0 Å². The number of methoxy groups -OCH3 is 1. The third-order valence-electron chi connectivity index (χ3n) is 4.24. The SMILES string of the molecule is COc1ccc(Cn2ncc3cc(N(C(=O)O)C(C)(C)C)ccc32)cc1. The van der Waals surface area contributed by atoms with Crippen LogP contribution < -0.4 is 9.64 Å². The molecular formula is C20H23N3O3. The lowest BCUT2D eigenvalue weighted by Crippen LogP contribution is -2.45. The number of carbonyl (C=O) groups is 1. The van der Waals surface area contributed by atoms with E-state index >= 15 is 0 Å². The molecule has 0 unspecified atom stereocenters. The van der Waals surface area contributed by atoms with Gasteiger partial charge in [-0.3, -0.25) is 9.58 Å². The number of aromatic nitrogens is 2. The number of benzene rings is 2. The summed E-state index contributed by atoms with van der Waals surface area (Å²) in [7, 11) is 1.64. The molecule has 0 spiro atoms. The Balaban J connectivity index is 1.92. The normalized spacial score (nSPS) is 11.5. The van der Waals surface area contributed by atoms with Crippen molar-refractivity contribution in [3.8, 4) is 5.75 Å². The molecule has 136 valence electrons. The zero-order valence-electron chi connectivity index (χ0n) is 15.4.